The van der Waals surface area contributed by atoms with Gasteiger partial charge in [-0.2, -0.15) is 0 Å². The molecule has 1 amide bonds. The van der Waals surface area contributed by atoms with Gasteiger partial charge in [0.25, 0.3) is 0 Å². The van der Waals surface area contributed by atoms with Crippen molar-refractivity contribution in [3.63, 3.8) is 0 Å². The highest BCUT2D eigenvalue weighted by Gasteiger charge is 2.13. The second kappa shape index (κ2) is 7.90. The fourth-order valence-electron chi connectivity index (χ4n) is 2.52. The zero-order valence-electron chi connectivity index (χ0n) is 13.8. The number of fused-ring (bicyclic) bond motifs is 1. The number of methoxy groups -OCH3 is 1. The van der Waals surface area contributed by atoms with Gasteiger partial charge in [0.1, 0.15) is 0 Å². The van der Waals surface area contributed by atoms with Crippen LogP contribution in [0, 0.1) is 0 Å². The number of carbonyl (C=O) groups is 2. The van der Waals surface area contributed by atoms with Gasteiger partial charge in [-0.05, 0) is 37.1 Å². The van der Waals surface area contributed by atoms with Crippen molar-refractivity contribution in [2.24, 2.45) is 0 Å². The van der Waals surface area contributed by atoms with Crippen LogP contribution >= 0.6 is 11.3 Å². The Balaban J connectivity index is 1.56. The summed E-state index contributed by atoms with van der Waals surface area (Å²) in [6.45, 7) is 0. The number of rotatable bonds is 6. The summed E-state index contributed by atoms with van der Waals surface area (Å²) in [6, 6.07) is 14.8. The number of anilines is 1. The predicted octanol–water partition coefficient (Wildman–Crippen LogP) is 4.04. The van der Waals surface area contributed by atoms with Gasteiger partial charge in [0, 0.05) is 6.42 Å². The van der Waals surface area contributed by atoms with Crippen LogP contribution in [0.15, 0.2) is 48.5 Å². The van der Waals surface area contributed by atoms with E-state index in [0.717, 1.165) is 21.6 Å². The van der Waals surface area contributed by atoms with Crippen LogP contribution in [0.3, 0.4) is 0 Å². The minimum atomic E-state index is -0.467. The Morgan fingerprint density at radius 1 is 1.12 bits per heavy atom. The first-order valence-electron chi connectivity index (χ1n) is 7.99. The molecule has 0 aliphatic heterocycles. The topological polar surface area (TPSA) is 68.3 Å². The molecular weight excluding hydrogens is 336 g/mol. The van der Waals surface area contributed by atoms with Crippen LogP contribution in [-0.2, 0) is 16.0 Å². The first-order chi connectivity index (χ1) is 12.2. The van der Waals surface area contributed by atoms with Crippen LogP contribution in [0.4, 0.5) is 5.69 Å². The maximum atomic E-state index is 12.2. The molecule has 3 aromatic rings. The molecule has 1 N–H and O–H groups in total. The molecule has 3 rings (SSSR count). The first kappa shape index (κ1) is 17.1. The normalized spacial score (nSPS) is 10.6. The van der Waals surface area contributed by atoms with E-state index in [1.54, 1.807) is 35.6 Å². The van der Waals surface area contributed by atoms with Crippen molar-refractivity contribution in [1.82, 2.24) is 4.98 Å². The molecule has 1 heterocycles. The minimum absolute atomic E-state index is 0.127. The van der Waals surface area contributed by atoms with Crippen LogP contribution in [0.1, 0.15) is 28.2 Å². The number of aryl methyl sites for hydroxylation is 1. The SMILES string of the molecule is COC(=O)c1ccccc1NC(=O)CCCc1nc2ccccc2s1. The Bertz CT molecular complexity index is 871. The van der Waals surface area contributed by atoms with Gasteiger partial charge in [0.2, 0.25) is 5.91 Å². The molecule has 0 fully saturated rings. The number of hydrogen-bond donors (Lipinski definition) is 1. The summed E-state index contributed by atoms with van der Waals surface area (Å²) in [5, 5.41) is 3.81. The number of esters is 1. The number of aromatic nitrogens is 1. The molecule has 6 heteroatoms. The van der Waals surface area contributed by atoms with Crippen molar-refractivity contribution >= 4 is 39.1 Å². The van der Waals surface area contributed by atoms with Gasteiger partial charge < -0.3 is 10.1 Å². The second-order valence-corrected chi connectivity index (χ2v) is 6.63. The Labute approximate surface area is 149 Å². The monoisotopic (exact) mass is 354 g/mol. The molecule has 5 nitrogen and oxygen atoms in total. The van der Waals surface area contributed by atoms with Gasteiger partial charge in [0.15, 0.2) is 0 Å². The number of nitrogens with one attached hydrogen (secondary N) is 1. The summed E-state index contributed by atoms with van der Waals surface area (Å²) in [6.07, 6.45) is 1.82. The van der Waals surface area contributed by atoms with E-state index in [-0.39, 0.29) is 5.91 Å². The summed E-state index contributed by atoms with van der Waals surface area (Å²) >= 11 is 1.66. The smallest absolute Gasteiger partial charge is 0.339 e. The van der Waals surface area contributed by atoms with Crippen molar-refractivity contribution in [2.45, 2.75) is 19.3 Å². The van der Waals surface area contributed by atoms with Gasteiger partial charge in [-0.25, -0.2) is 9.78 Å². The third kappa shape index (κ3) is 4.22. The summed E-state index contributed by atoms with van der Waals surface area (Å²) in [7, 11) is 1.32. The predicted molar refractivity (Wildman–Crippen MR) is 99.0 cm³/mol. The maximum Gasteiger partial charge on any atom is 0.339 e. The molecule has 0 radical (unpaired) electrons. The lowest BCUT2D eigenvalue weighted by Crippen LogP contribution is -2.15. The van der Waals surface area contributed by atoms with Crippen LogP contribution < -0.4 is 5.32 Å². The molecule has 1 aromatic heterocycles. The van der Waals surface area contributed by atoms with E-state index in [9.17, 15) is 9.59 Å². The average molecular weight is 354 g/mol. The molecule has 128 valence electrons. The Hall–Kier alpha value is -2.73. The van der Waals surface area contributed by atoms with Crippen molar-refractivity contribution < 1.29 is 14.3 Å². The first-order valence-corrected chi connectivity index (χ1v) is 8.80. The van der Waals surface area contributed by atoms with Crippen LogP contribution in [-0.4, -0.2) is 24.0 Å². The number of para-hydroxylation sites is 2. The van der Waals surface area contributed by atoms with Crippen molar-refractivity contribution in [2.75, 3.05) is 12.4 Å². The van der Waals surface area contributed by atoms with Crippen molar-refractivity contribution in [1.29, 1.82) is 0 Å². The van der Waals surface area contributed by atoms with Gasteiger partial charge in [0.05, 0.1) is 33.6 Å². The largest absolute Gasteiger partial charge is 0.465 e. The Morgan fingerprint density at radius 3 is 2.68 bits per heavy atom. The number of hydrogen-bond acceptors (Lipinski definition) is 5. The highest BCUT2D eigenvalue weighted by Crippen LogP contribution is 2.23. The summed E-state index contributed by atoms with van der Waals surface area (Å²) in [5.74, 6) is -0.595. The second-order valence-electron chi connectivity index (χ2n) is 5.51. The fraction of sp³-hybridized carbons (Fsp3) is 0.211. The standard InChI is InChI=1S/C19H18N2O3S/c1-24-19(23)13-7-2-3-8-14(13)20-17(22)11-6-12-18-21-15-9-4-5-10-16(15)25-18/h2-5,7-10H,6,11-12H2,1H3,(H,20,22). The van der Waals surface area contributed by atoms with E-state index in [2.05, 4.69) is 10.3 Å². The van der Waals surface area contributed by atoms with E-state index < -0.39 is 5.97 Å². The highest BCUT2D eigenvalue weighted by molar-refractivity contribution is 7.18. The third-order valence-corrected chi connectivity index (χ3v) is 4.84. The molecule has 0 aliphatic carbocycles. The van der Waals surface area contributed by atoms with E-state index in [0.29, 0.717) is 24.1 Å². The van der Waals surface area contributed by atoms with Crippen LogP contribution in [0.25, 0.3) is 10.2 Å². The van der Waals surface area contributed by atoms with Crippen molar-refractivity contribution in [3.05, 3.63) is 59.1 Å². The quantitative estimate of drug-likeness (QED) is 0.678. The van der Waals surface area contributed by atoms with Crippen LogP contribution in [0.2, 0.25) is 0 Å². The lowest BCUT2D eigenvalue weighted by molar-refractivity contribution is -0.116. The molecule has 0 unspecified atom stereocenters. The molecule has 2 aromatic carbocycles. The number of ether oxygens (including phenoxy) is 1. The van der Waals surface area contributed by atoms with E-state index >= 15 is 0 Å². The van der Waals surface area contributed by atoms with E-state index in [1.165, 1.54) is 7.11 Å². The third-order valence-electron chi connectivity index (χ3n) is 3.74. The molecule has 0 spiro atoms. The molecule has 0 saturated heterocycles. The maximum absolute atomic E-state index is 12.2. The molecule has 0 aliphatic rings. The zero-order chi connectivity index (χ0) is 17.6. The summed E-state index contributed by atoms with van der Waals surface area (Å²) in [4.78, 5) is 28.4. The van der Waals surface area contributed by atoms with Gasteiger partial charge >= 0.3 is 5.97 Å². The van der Waals surface area contributed by atoms with Crippen molar-refractivity contribution in [3.8, 4) is 0 Å². The molecule has 0 saturated carbocycles. The summed E-state index contributed by atoms with van der Waals surface area (Å²) in [5.41, 5.74) is 1.82. The molecular formula is C19H18N2O3S. The molecule has 0 atom stereocenters. The number of carbonyl (C=O) groups excluding carboxylic acids is 2. The lowest BCUT2D eigenvalue weighted by Gasteiger charge is -2.09. The van der Waals surface area contributed by atoms with Gasteiger partial charge in [-0.3, -0.25) is 4.79 Å². The number of thiazole rings is 1. The minimum Gasteiger partial charge on any atom is -0.465 e. The highest BCUT2D eigenvalue weighted by atomic mass is 32.1. The Morgan fingerprint density at radius 2 is 1.88 bits per heavy atom. The molecule has 25 heavy (non-hydrogen) atoms. The lowest BCUT2D eigenvalue weighted by atomic mass is 10.1. The summed E-state index contributed by atoms with van der Waals surface area (Å²) < 4.78 is 5.89. The fourth-order valence-corrected chi connectivity index (χ4v) is 3.53. The van der Waals surface area contributed by atoms with E-state index in [1.807, 2.05) is 24.3 Å². The number of nitrogens with zero attached hydrogens (tertiary/aromatic N) is 1. The van der Waals surface area contributed by atoms with Gasteiger partial charge in [-0.15, -0.1) is 11.3 Å². The number of amides is 1. The van der Waals surface area contributed by atoms with Gasteiger partial charge in [-0.1, -0.05) is 24.3 Å². The number of benzene rings is 2. The van der Waals surface area contributed by atoms with E-state index in [4.69, 9.17) is 4.74 Å². The Kier molecular flexibility index (Phi) is 5.40. The molecule has 0 bridgehead atoms. The zero-order valence-corrected chi connectivity index (χ0v) is 14.6. The van der Waals surface area contributed by atoms with Crippen LogP contribution in [0.5, 0.6) is 0 Å². The average Bonchev–Trinajstić information content (AvgIpc) is 3.04.